The van der Waals surface area contributed by atoms with Crippen molar-refractivity contribution < 1.29 is 4.74 Å². The van der Waals surface area contributed by atoms with Crippen LogP contribution in [0.2, 0.25) is 0 Å². The number of rotatable bonds is 7. The second-order valence-corrected chi connectivity index (χ2v) is 7.42. The Bertz CT molecular complexity index is 496. The molecule has 0 heterocycles. The van der Waals surface area contributed by atoms with Crippen molar-refractivity contribution in [3.05, 3.63) is 32.2 Å². The first kappa shape index (κ1) is 18.7. The predicted octanol–water partition coefficient (Wildman–Crippen LogP) is 5.65. The van der Waals surface area contributed by atoms with E-state index in [2.05, 4.69) is 77.0 Å². The van der Waals surface area contributed by atoms with Crippen LogP contribution in [0.4, 0.5) is 0 Å². The molecule has 0 fully saturated rings. The molecule has 0 saturated heterocycles. The number of benzene rings is 1. The Morgan fingerprint density at radius 1 is 1.24 bits per heavy atom. The molecule has 0 saturated carbocycles. The maximum absolute atomic E-state index is 5.80. The Labute approximate surface area is 145 Å². The van der Waals surface area contributed by atoms with E-state index in [1.807, 2.05) is 13.0 Å². The molecular formula is C17H25Br2NO. The van der Waals surface area contributed by atoms with Crippen molar-refractivity contribution in [2.45, 2.75) is 40.7 Å². The van der Waals surface area contributed by atoms with Gasteiger partial charge in [-0.25, -0.2) is 0 Å². The fourth-order valence-electron chi connectivity index (χ4n) is 1.93. The van der Waals surface area contributed by atoms with E-state index in [0.717, 1.165) is 26.8 Å². The molecule has 0 bridgehead atoms. The third-order valence-electron chi connectivity index (χ3n) is 3.12. The Kier molecular flexibility index (Phi) is 7.99. The van der Waals surface area contributed by atoms with Crippen molar-refractivity contribution in [3.8, 4) is 5.75 Å². The lowest BCUT2D eigenvalue weighted by Crippen LogP contribution is -2.26. The van der Waals surface area contributed by atoms with Crippen LogP contribution in [0, 0.1) is 5.92 Å². The zero-order chi connectivity index (χ0) is 16.0. The van der Waals surface area contributed by atoms with E-state index in [1.165, 1.54) is 5.57 Å². The molecule has 0 atom stereocenters. The summed E-state index contributed by atoms with van der Waals surface area (Å²) in [6.07, 6.45) is 2.24. The monoisotopic (exact) mass is 417 g/mol. The topological polar surface area (TPSA) is 21.3 Å². The molecule has 0 unspecified atom stereocenters. The summed E-state index contributed by atoms with van der Waals surface area (Å²) in [4.78, 5) is 0. The molecule has 0 spiro atoms. The molecular weight excluding hydrogens is 394 g/mol. The van der Waals surface area contributed by atoms with Crippen molar-refractivity contribution in [1.82, 2.24) is 5.32 Å². The molecule has 0 amide bonds. The van der Waals surface area contributed by atoms with Crippen LogP contribution in [-0.2, 0) is 0 Å². The van der Waals surface area contributed by atoms with Gasteiger partial charge in [-0.3, -0.25) is 0 Å². The van der Waals surface area contributed by atoms with Crippen molar-refractivity contribution in [2.24, 2.45) is 5.92 Å². The van der Waals surface area contributed by atoms with Gasteiger partial charge in [0.25, 0.3) is 0 Å². The highest BCUT2D eigenvalue weighted by atomic mass is 79.9. The fraction of sp³-hybridized carbons (Fsp3) is 0.529. The summed E-state index contributed by atoms with van der Waals surface area (Å²) in [5.41, 5.74) is 2.47. The number of hydrogen-bond donors (Lipinski definition) is 1. The van der Waals surface area contributed by atoms with Crippen LogP contribution in [0.1, 0.15) is 40.2 Å². The minimum Gasteiger partial charge on any atom is -0.492 e. The number of ether oxygens (including phenoxy) is 1. The number of hydrogen-bond acceptors (Lipinski definition) is 2. The smallest absolute Gasteiger partial charge is 0.140 e. The third kappa shape index (κ3) is 6.13. The molecule has 0 aliphatic heterocycles. The SMILES string of the molecule is CCOc1c(Br)cc(Br)cc1C=C(CNC(C)C)C(C)C. The molecule has 1 aromatic rings. The van der Waals surface area contributed by atoms with Crippen LogP contribution >= 0.6 is 31.9 Å². The van der Waals surface area contributed by atoms with Crippen LogP contribution in [0.25, 0.3) is 6.08 Å². The van der Waals surface area contributed by atoms with Crippen molar-refractivity contribution in [2.75, 3.05) is 13.2 Å². The van der Waals surface area contributed by atoms with Crippen LogP contribution < -0.4 is 10.1 Å². The van der Waals surface area contributed by atoms with Gasteiger partial charge in [-0.1, -0.05) is 55.3 Å². The molecule has 0 aliphatic rings. The third-order valence-corrected chi connectivity index (χ3v) is 4.17. The van der Waals surface area contributed by atoms with Crippen LogP contribution in [0.3, 0.4) is 0 Å². The minimum absolute atomic E-state index is 0.479. The molecule has 0 radical (unpaired) electrons. The van der Waals surface area contributed by atoms with E-state index in [4.69, 9.17) is 4.74 Å². The Hall–Kier alpha value is -0.320. The zero-order valence-electron chi connectivity index (χ0n) is 13.5. The van der Waals surface area contributed by atoms with Gasteiger partial charge in [-0.05, 0) is 40.9 Å². The normalized spacial score (nSPS) is 12.3. The second-order valence-electron chi connectivity index (χ2n) is 5.65. The highest BCUT2D eigenvalue weighted by molar-refractivity contribution is 9.11. The number of nitrogens with one attached hydrogen (secondary N) is 1. The van der Waals surface area contributed by atoms with Crippen molar-refractivity contribution in [3.63, 3.8) is 0 Å². The summed E-state index contributed by atoms with van der Waals surface area (Å²) in [5, 5.41) is 3.50. The molecule has 118 valence electrons. The lowest BCUT2D eigenvalue weighted by atomic mass is 9.99. The maximum atomic E-state index is 5.80. The van der Waals surface area contributed by atoms with Gasteiger partial charge in [0.1, 0.15) is 5.75 Å². The Balaban J connectivity index is 3.18. The van der Waals surface area contributed by atoms with E-state index in [1.54, 1.807) is 0 Å². The van der Waals surface area contributed by atoms with Crippen LogP contribution in [0.15, 0.2) is 26.7 Å². The average Bonchev–Trinajstić information content (AvgIpc) is 2.37. The van der Waals surface area contributed by atoms with Gasteiger partial charge in [-0.15, -0.1) is 0 Å². The largest absolute Gasteiger partial charge is 0.492 e. The molecule has 0 aromatic heterocycles. The molecule has 1 rings (SSSR count). The summed E-state index contributed by atoms with van der Waals surface area (Å²) in [5.74, 6) is 1.40. The first-order valence-corrected chi connectivity index (χ1v) is 8.99. The van der Waals surface area contributed by atoms with E-state index in [-0.39, 0.29) is 0 Å². The summed E-state index contributed by atoms with van der Waals surface area (Å²) in [7, 11) is 0. The molecule has 2 nitrogen and oxygen atoms in total. The summed E-state index contributed by atoms with van der Waals surface area (Å²) >= 11 is 7.15. The Morgan fingerprint density at radius 2 is 1.90 bits per heavy atom. The Morgan fingerprint density at radius 3 is 2.43 bits per heavy atom. The van der Waals surface area contributed by atoms with Crippen LogP contribution in [0.5, 0.6) is 5.75 Å². The van der Waals surface area contributed by atoms with Gasteiger partial charge in [0.15, 0.2) is 0 Å². The van der Waals surface area contributed by atoms with E-state index in [9.17, 15) is 0 Å². The zero-order valence-corrected chi connectivity index (χ0v) is 16.6. The first-order chi connectivity index (χ1) is 9.85. The highest BCUT2D eigenvalue weighted by Crippen LogP contribution is 2.34. The predicted molar refractivity (Wildman–Crippen MR) is 99.0 cm³/mol. The van der Waals surface area contributed by atoms with Gasteiger partial charge in [0, 0.05) is 22.6 Å². The first-order valence-electron chi connectivity index (χ1n) is 7.40. The van der Waals surface area contributed by atoms with Gasteiger partial charge < -0.3 is 10.1 Å². The number of halogens is 2. The summed E-state index contributed by atoms with van der Waals surface area (Å²) < 4.78 is 7.82. The average molecular weight is 419 g/mol. The summed E-state index contributed by atoms with van der Waals surface area (Å²) in [6.45, 7) is 12.3. The quantitative estimate of drug-likeness (QED) is 0.617. The second kappa shape index (κ2) is 8.96. The van der Waals surface area contributed by atoms with Crippen LogP contribution in [-0.4, -0.2) is 19.2 Å². The lowest BCUT2D eigenvalue weighted by molar-refractivity contribution is 0.337. The van der Waals surface area contributed by atoms with Gasteiger partial charge in [-0.2, -0.15) is 0 Å². The molecule has 4 heteroatoms. The highest BCUT2D eigenvalue weighted by Gasteiger charge is 2.11. The van der Waals surface area contributed by atoms with Gasteiger partial charge in [0.05, 0.1) is 11.1 Å². The molecule has 21 heavy (non-hydrogen) atoms. The van der Waals surface area contributed by atoms with E-state index < -0.39 is 0 Å². The van der Waals surface area contributed by atoms with Crippen molar-refractivity contribution in [1.29, 1.82) is 0 Å². The van der Waals surface area contributed by atoms with Gasteiger partial charge >= 0.3 is 0 Å². The minimum atomic E-state index is 0.479. The van der Waals surface area contributed by atoms with E-state index in [0.29, 0.717) is 18.6 Å². The van der Waals surface area contributed by atoms with Crippen molar-refractivity contribution >= 4 is 37.9 Å². The molecule has 1 N–H and O–H groups in total. The fourth-order valence-corrected chi connectivity index (χ4v) is 3.30. The summed E-state index contributed by atoms with van der Waals surface area (Å²) in [6, 6.07) is 4.60. The lowest BCUT2D eigenvalue weighted by Gasteiger charge is -2.17. The molecule has 1 aromatic carbocycles. The molecule has 0 aliphatic carbocycles. The van der Waals surface area contributed by atoms with E-state index >= 15 is 0 Å². The maximum Gasteiger partial charge on any atom is 0.140 e. The van der Waals surface area contributed by atoms with Gasteiger partial charge in [0.2, 0.25) is 0 Å². The standard InChI is InChI=1S/C17H25Br2NO/c1-6-21-17-13(8-15(18)9-16(17)19)7-14(11(2)3)10-20-12(4)5/h7-9,11-12,20H,6,10H2,1-5H3.